The van der Waals surface area contributed by atoms with E-state index in [-0.39, 0.29) is 0 Å². The summed E-state index contributed by atoms with van der Waals surface area (Å²) >= 11 is 5.02. The molecule has 0 amide bonds. The third-order valence-corrected chi connectivity index (χ3v) is 13.5. The van der Waals surface area contributed by atoms with E-state index in [1.165, 1.54) is 98.1 Å². The molecule has 0 atom stereocenters. The number of aromatic nitrogens is 3. The van der Waals surface area contributed by atoms with Crippen molar-refractivity contribution in [1.82, 2.24) is 15.0 Å². The van der Waals surface area contributed by atoms with E-state index in [4.69, 9.17) is 15.0 Å². The van der Waals surface area contributed by atoms with Crippen LogP contribution < -0.4 is 0 Å². The summed E-state index contributed by atoms with van der Waals surface area (Å²) in [5.74, 6) is 0. The largest absolute Gasteiger partial charge is 0.197 e. The number of rotatable bonds is 6. The van der Waals surface area contributed by atoms with Crippen LogP contribution in [0.4, 0.5) is 0 Å². The van der Waals surface area contributed by atoms with Gasteiger partial charge in [0.05, 0.1) is 0 Å². The van der Waals surface area contributed by atoms with Crippen molar-refractivity contribution in [2.24, 2.45) is 0 Å². The Morgan fingerprint density at radius 1 is 0.238 bits per heavy atom. The fraction of sp³-hybridized carbons (Fsp3) is 0.417. The molecule has 222 valence electrons. The first-order valence-electron chi connectivity index (χ1n) is 14.6. The van der Waals surface area contributed by atoms with E-state index < -0.39 is 0 Å². The quantitative estimate of drug-likeness (QED) is 0.215. The molecule has 3 nitrogen and oxygen atoms in total. The first-order chi connectivity index (χ1) is 19.6. The van der Waals surface area contributed by atoms with Crippen LogP contribution in [0.1, 0.15) is 83.5 Å². The first kappa shape index (κ1) is 32.6. The SMILES string of the molecule is Cc1c(C)c(C)c(Sc2nc(Sc3c(C)c(C)c(C)c(C)c3C)nc(Sc3c(C)c(C)c(C)c(C)c3C)n2)c(C)c1C. The maximum Gasteiger partial charge on any atom is 0.197 e. The fourth-order valence-corrected chi connectivity index (χ4v) is 8.94. The average molecular weight is 616 g/mol. The van der Waals surface area contributed by atoms with Crippen molar-refractivity contribution in [3.8, 4) is 0 Å². The molecule has 0 N–H and O–H groups in total. The van der Waals surface area contributed by atoms with Crippen molar-refractivity contribution >= 4 is 35.3 Å². The minimum Gasteiger partial charge on any atom is -0.196 e. The Bertz CT molecular complexity index is 1450. The molecule has 1 aromatic heterocycles. The molecule has 6 heteroatoms. The zero-order chi connectivity index (χ0) is 31.4. The molecule has 0 fully saturated rings. The fourth-order valence-electron chi connectivity index (χ4n) is 5.59. The lowest BCUT2D eigenvalue weighted by molar-refractivity contribution is 0.716. The zero-order valence-corrected chi connectivity index (χ0v) is 30.5. The lowest BCUT2D eigenvalue weighted by Gasteiger charge is -2.20. The van der Waals surface area contributed by atoms with Crippen LogP contribution in [0.5, 0.6) is 0 Å². The van der Waals surface area contributed by atoms with Gasteiger partial charge in [-0.05, 0) is 223 Å². The summed E-state index contributed by atoms with van der Waals surface area (Å²) < 4.78 is 0. The molecule has 0 aliphatic rings. The van der Waals surface area contributed by atoms with Gasteiger partial charge in [0, 0.05) is 14.7 Å². The lowest BCUT2D eigenvalue weighted by atomic mass is 9.95. The summed E-state index contributed by atoms with van der Waals surface area (Å²) in [6.45, 7) is 33.3. The Morgan fingerprint density at radius 2 is 0.381 bits per heavy atom. The molecule has 42 heavy (non-hydrogen) atoms. The van der Waals surface area contributed by atoms with Gasteiger partial charge in [-0.15, -0.1) is 0 Å². The molecular formula is C36H45N3S3. The highest BCUT2D eigenvalue weighted by Crippen LogP contribution is 2.42. The van der Waals surface area contributed by atoms with Crippen LogP contribution in [-0.2, 0) is 0 Å². The van der Waals surface area contributed by atoms with Crippen molar-refractivity contribution < 1.29 is 0 Å². The molecule has 0 saturated heterocycles. The minimum atomic E-state index is 0.746. The molecule has 0 unspecified atom stereocenters. The van der Waals surface area contributed by atoms with Crippen LogP contribution in [0.3, 0.4) is 0 Å². The van der Waals surface area contributed by atoms with Gasteiger partial charge in [-0.2, -0.15) is 15.0 Å². The summed E-state index contributed by atoms with van der Waals surface area (Å²) in [5, 5.41) is 2.24. The Balaban J connectivity index is 1.90. The van der Waals surface area contributed by atoms with Crippen molar-refractivity contribution in [1.29, 1.82) is 0 Å². The normalized spacial score (nSPS) is 11.5. The van der Waals surface area contributed by atoms with E-state index in [0.717, 1.165) is 15.5 Å². The monoisotopic (exact) mass is 615 g/mol. The Hall–Kier alpha value is -2.28. The first-order valence-corrected chi connectivity index (χ1v) is 17.0. The second kappa shape index (κ2) is 12.4. The van der Waals surface area contributed by atoms with E-state index >= 15 is 0 Å². The van der Waals surface area contributed by atoms with Gasteiger partial charge in [-0.25, -0.2) is 0 Å². The van der Waals surface area contributed by atoms with Gasteiger partial charge in [0.1, 0.15) is 0 Å². The predicted molar refractivity (Wildman–Crippen MR) is 183 cm³/mol. The molecule has 0 bridgehead atoms. The smallest absolute Gasteiger partial charge is 0.196 e. The summed E-state index contributed by atoms with van der Waals surface area (Å²) in [6, 6.07) is 0. The third kappa shape index (κ3) is 5.79. The average Bonchev–Trinajstić information content (AvgIpc) is 2.97. The van der Waals surface area contributed by atoms with Gasteiger partial charge < -0.3 is 0 Å². The maximum atomic E-state index is 5.08. The zero-order valence-electron chi connectivity index (χ0n) is 28.1. The van der Waals surface area contributed by atoms with Crippen LogP contribution in [-0.4, -0.2) is 15.0 Å². The van der Waals surface area contributed by atoms with Crippen molar-refractivity contribution in [2.45, 2.75) is 134 Å². The number of hydrogen-bond donors (Lipinski definition) is 0. The number of benzene rings is 3. The van der Waals surface area contributed by atoms with Crippen molar-refractivity contribution in [2.75, 3.05) is 0 Å². The molecule has 0 aliphatic carbocycles. The topological polar surface area (TPSA) is 38.7 Å². The summed E-state index contributed by atoms with van der Waals surface area (Å²) in [6.07, 6.45) is 0. The Labute approximate surface area is 266 Å². The number of hydrogen-bond acceptors (Lipinski definition) is 6. The molecule has 4 rings (SSSR count). The molecule has 0 spiro atoms. The third-order valence-electron chi connectivity index (χ3n) is 9.95. The highest BCUT2D eigenvalue weighted by atomic mass is 32.2. The van der Waals surface area contributed by atoms with Crippen LogP contribution in [0.25, 0.3) is 0 Å². The van der Waals surface area contributed by atoms with Crippen LogP contribution >= 0.6 is 35.3 Å². The standard InChI is InChI=1S/C36H45N3S3/c1-16-19(4)25(10)31(26(11)20(16)5)40-34-37-35(41-32-27(12)21(6)17(2)22(7)28(32)13)39-36(38-34)42-33-29(14)23(8)18(3)24(9)30(33)15/h1-15H3. The molecule has 0 radical (unpaired) electrons. The van der Waals surface area contributed by atoms with E-state index in [1.54, 1.807) is 35.3 Å². The van der Waals surface area contributed by atoms with Gasteiger partial charge >= 0.3 is 0 Å². The van der Waals surface area contributed by atoms with Gasteiger partial charge in [-0.1, -0.05) is 0 Å². The van der Waals surface area contributed by atoms with Gasteiger partial charge in [0.15, 0.2) is 15.5 Å². The number of nitrogens with zero attached hydrogens (tertiary/aromatic N) is 3. The predicted octanol–water partition coefficient (Wildman–Crippen LogP) is 11.0. The molecule has 0 aliphatic heterocycles. The maximum absolute atomic E-state index is 5.08. The summed E-state index contributed by atoms with van der Waals surface area (Å²) in [5.41, 5.74) is 20.0. The van der Waals surface area contributed by atoms with Crippen LogP contribution in [0, 0.1) is 104 Å². The second-order valence-corrected chi connectivity index (χ2v) is 14.8. The lowest BCUT2D eigenvalue weighted by Crippen LogP contribution is -2.03. The Morgan fingerprint density at radius 3 is 0.548 bits per heavy atom. The van der Waals surface area contributed by atoms with E-state index in [0.29, 0.717) is 0 Å². The van der Waals surface area contributed by atoms with Gasteiger partial charge in [0.25, 0.3) is 0 Å². The highest BCUT2D eigenvalue weighted by Gasteiger charge is 2.21. The van der Waals surface area contributed by atoms with Gasteiger partial charge in [0.2, 0.25) is 0 Å². The van der Waals surface area contributed by atoms with E-state index in [1.807, 2.05) is 0 Å². The molecule has 0 saturated carbocycles. The second-order valence-electron chi connectivity index (χ2n) is 11.9. The van der Waals surface area contributed by atoms with Crippen LogP contribution in [0.15, 0.2) is 30.2 Å². The Kier molecular flexibility index (Phi) is 9.61. The minimum absolute atomic E-state index is 0.746. The van der Waals surface area contributed by atoms with E-state index in [2.05, 4.69) is 104 Å². The van der Waals surface area contributed by atoms with Gasteiger partial charge in [-0.3, -0.25) is 0 Å². The highest BCUT2D eigenvalue weighted by molar-refractivity contribution is 8.00. The summed E-state index contributed by atoms with van der Waals surface area (Å²) in [7, 11) is 0. The van der Waals surface area contributed by atoms with E-state index in [9.17, 15) is 0 Å². The molecule has 4 aromatic rings. The molecular weight excluding hydrogens is 571 g/mol. The summed E-state index contributed by atoms with van der Waals surface area (Å²) in [4.78, 5) is 19.0. The molecule has 3 aromatic carbocycles. The van der Waals surface area contributed by atoms with Crippen molar-refractivity contribution in [3.05, 3.63) is 83.5 Å². The van der Waals surface area contributed by atoms with Crippen LogP contribution in [0.2, 0.25) is 0 Å². The molecule has 1 heterocycles. The van der Waals surface area contributed by atoms with Crippen molar-refractivity contribution in [3.63, 3.8) is 0 Å².